The van der Waals surface area contributed by atoms with Gasteiger partial charge in [0.25, 0.3) is 0 Å². The van der Waals surface area contributed by atoms with Crippen molar-refractivity contribution in [1.82, 2.24) is 0 Å². The lowest BCUT2D eigenvalue weighted by molar-refractivity contribution is -0.938. The summed E-state index contributed by atoms with van der Waals surface area (Å²) in [6.07, 6.45) is 2.79. The molecule has 0 radical (unpaired) electrons. The Balaban J connectivity index is 1.87. The Hall–Kier alpha value is -0.530. The van der Waals surface area contributed by atoms with E-state index in [9.17, 15) is 0 Å². The highest BCUT2D eigenvalue weighted by Gasteiger charge is 2.60. The average molecular weight is 293 g/mol. The van der Waals surface area contributed by atoms with E-state index in [-0.39, 0.29) is 0 Å². The minimum absolute atomic E-state index is 0.478. The first-order valence-corrected chi connectivity index (χ1v) is 8.21. The van der Waals surface area contributed by atoms with Gasteiger partial charge in [-0.25, -0.2) is 0 Å². The minimum Gasteiger partial charge on any atom is -0.322 e. The van der Waals surface area contributed by atoms with Crippen molar-refractivity contribution in [1.29, 1.82) is 0 Å². The van der Waals surface area contributed by atoms with Gasteiger partial charge in [0.05, 0.1) is 20.1 Å². The Morgan fingerprint density at radius 2 is 1.95 bits per heavy atom. The summed E-state index contributed by atoms with van der Waals surface area (Å²) in [5, 5.41) is 0.925. The number of benzene rings is 1. The second kappa shape index (κ2) is 4.48. The summed E-state index contributed by atoms with van der Waals surface area (Å²) in [4.78, 5) is 0. The van der Waals surface area contributed by atoms with Gasteiger partial charge in [0.1, 0.15) is 6.54 Å². The summed E-state index contributed by atoms with van der Waals surface area (Å²) in [7, 11) is 2.43. The SMILES string of the molecule is CC1(C)[C@H]2CC[C@]1(C)C[N+](C)(Cc1ccccc1Cl)C2. The van der Waals surface area contributed by atoms with Crippen LogP contribution in [0.5, 0.6) is 0 Å². The number of fused-ring (bicyclic) bond motifs is 2. The third kappa shape index (κ3) is 2.10. The fourth-order valence-corrected chi connectivity index (χ4v) is 5.06. The Morgan fingerprint density at radius 3 is 2.60 bits per heavy atom. The monoisotopic (exact) mass is 292 g/mol. The van der Waals surface area contributed by atoms with Crippen LogP contribution in [0.15, 0.2) is 24.3 Å². The molecule has 2 fully saturated rings. The van der Waals surface area contributed by atoms with E-state index < -0.39 is 0 Å². The van der Waals surface area contributed by atoms with Crippen molar-refractivity contribution < 1.29 is 4.48 Å². The number of halogens is 1. The summed E-state index contributed by atoms with van der Waals surface area (Å²) in [6.45, 7) is 11.1. The summed E-state index contributed by atoms with van der Waals surface area (Å²) < 4.78 is 1.15. The van der Waals surface area contributed by atoms with Gasteiger partial charge in [0.2, 0.25) is 0 Å². The minimum atomic E-state index is 0.478. The van der Waals surface area contributed by atoms with E-state index in [1.165, 1.54) is 31.5 Å². The first-order valence-electron chi connectivity index (χ1n) is 7.83. The molecule has 1 saturated carbocycles. The maximum atomic E-state index is 6.37. The normalized spacial score (nSPS) is 39.0. The molecular weight excluding hydrogens is 266 g/mol. The fraction of sp³-hybridized carbons (Fsp3) is 0.667. The maximum absolute atomic E-state index is 6.37. The van der Waals surface area contributed by atoms with Gasteiger partial charge in [0, 0.05) is 21.9 Å². The lowest BCUT2D eigenvalue weighted by Gasteiger charge is -2.54. The van der Waals surface area contributed by atoms with E-state index in [2.05, 4.69) is 40.0 Å². The number of piperidine rings is 1. The highest BCUT2D eigenvalue weighted by Crippen LogP contribution is 2.60. The van der Waals surface area contributed by atoms with Crippen molar-refractivity contribution in [2.24, 2.45) is 16.7 Å². The summed E-state index contributed by atoms with van der Waals surface area (Å²) >= 11 is 6.37. The highest BCUT2D eigenvalue weighted by molar-refractivity contribution is 6.31. The van der Waals surface area contributed by atoms with Gasteiger partial charge in [-0.15, -0.1) is 0 Å². The van der Waals surface area contributed by atoms with E-state index in [0.29, 0.717) is 10.8 Å². The molecule has 1 unspecified atom stereocenters. The Labute approximate surface area is 128 Å². The van der Waals surface area contributed by atoms with Crippen LogP contribution in [0.1, 0.15) is 39.2 Å². The molecule has 1 saturated heterocycles. The van der Waals surface area contributed by atoms with Gasteiger partial charge < -0.3 is 4.48 Å². The molecule has 3 atom stereocenters. The summed E-state index contributed by atoms with van der Waals surface area (Å²) in [6, 6.07) is 8.34. The van der Waals surface area contributed by atoms with Gasteiger partial charge >= 0.3 is 0 Å². The van der Waals surface area contributed by atoms with Gasteiger partial charge in [-0.1, -0.05) is 50.6 Å². The van der Waals surface area contributed by atoms with Crippen LogP contribution < -0.4 is 0 Å². The zero-order valence-electron chi connectivity index (χ0n) is 13.2. The highest BCUT2D eigenvalue weighted by atomic mass is 35.5. The predicted octanol–water partition coefficient (Wildman–Crippen LogP) is 4.74. The van der Waals surface area contributed by atoms with Crippen molar-refractivity contribution in [3.63, 3.8) is 0 Å². The number of quaternary nitrogens is 1. The summed E-state index contributed by atoms with van der Waals surface area (Å²) in [5.41, 5.74) is 2.27. The molecule has 1 heterocycles. The van der Waals surface area contributed by atoms with E-state index >= 15 is 0 Å². The van der Waals surface area contributed by atoms with Gasteiger partial charge in [-0.2, -0.15) is 0 Å². The molecule has 110 valence electrons. The van der Waals surface area contributed by atoms with Crippen LogP contribution in [0.3, 0.4) is 0 Å². The molecule has 3 rings (SSSR count). The van der Waals surface area contributed by atoms with Crippen LogP contribution in [0.25, 0.3) is 0 Å². The lowest BCUT2D eigenvalue weighted by atomic mass is 9.62. The maximum Gasteiger partial charge on any atom is 0.106 e. The number of hydrogen-bond donors (Lipinski definition) is 0. The van der Waals surface area contributed by atoms with Crippen molar-refractivity contribution in [3.05, 3.63) is 34.9 Å². The molecule has 1 aliphatic carbocycles. The predicted molar refractivity (Wildman–Crippen MR) is 85.7 cm³/mol. The molecule has 2 aliphatic rings. The van der Waals surface area contributed by atoms with E-state index in [1.807, 2.05) is 12.1 Å². The van der Waals surface area contributed by atoms with Gasteiger partial charge in [0.15, 0.2) is 0 Å². The van der Waals surface area contributed by atoms with Crippen molar-refractivity contribution in [3.8, 4) is 0 Å². The zero-order chi connectivity index (χ0) is 14.6. The molecule has 2 heteroatoms. The molecule has 20 heavy (non-hydrogen) atoms. The van der Waals surface area contributed by atoms with E-state index in [1.54, 1.807) is 0 Å². The summed E-state index contributed by atoms with van der Waals surface area (Å²) in [5.74, 6) is 0.855. The standard InChI is InChI=1S/C18H27ClN/c1-17(2)15-9-10-18(17,3)13-20(4,12-15)11-14-7-5-6-8-16(14)19/h5-8,15H,9-13H2,1-4H3/q+1/t15-,18+,20?/m0/s1. The van der Waals surface area contributed by atoms with Crippen LogP contribution in [0.2, 0.25) is 5.02 Å². The number of rotatable bonds is 2. The smallest absolute Gasteiger partial charge is 0.106 e. The Bertz CT molecular complexity index is 524. The first kappa shape index (κ1) is 14.4. The van der Waals surface area contributed by atoms with Crippen LogP contribution in [0.4, 0.5) is 0 Å². The number of hydrogen-bond acceptors (Lipinski definition) is 0. The molecule has 1 aromatic carbocycles. The Kier molecular flexibility index (Phi) is 3.23. The quantitative estimate of drug-likeness (QED) is 0.691. The first-order chi connectivity index (χ1) is 9.26. The molecular formula is C18H27ClN+. The zero-order valence-corrected chi connectivity index (χ0v) is 14.0. The van der Waals surface area contributed by atoms with Crippen molar-refractivity contribution in [2.75, 3.05) is 20.1 Å². The van der Waals surface area contributed by atoms with E-state index in [0.717, 1.165) is 22.0 Å². The molecule has 1 nitrogen and oxygen atoms in total. The molecule has 2 bridgehead atoms. The van der Waals surface area contributed by atoms with Crippen LogP contribution in [-0.2, 0) is 6.54 Å². The number of nitrogens with zero attached hydrogens (tertiary/aromatic N) is 1. The molecule has 0 aromatic heterocycles. The van der Waals surface area contributed by atoms with Crippen LogP contribution >= 0.6 is 11.6 Å². The third-order valence-corrected chi connectivity index (χ3v) is 6.89. The molecule has 0 N–H and O–H groups in total. The van der Waals surface area contributed by atoms with Crippen molar-refractivity contribution >= 4 is 11.6 Å². The number of likely N-dealkylation sites (tertiary alicyclic amines) is 1. The Morgan fingerprint density at radius 1 is 1.25 bits per heavy atom. The van der Waals surface area contributed by atoms with E-state index in [4.69, 9.17) is 11.6 Å². The fourth-order valence-electron chi connectivity index (χ4n) is 4.87. The van der Waals surface area contributed by atoms with Crippen LogP contribution in [0, 0.1) is 16.7 Å². The molecule has 0 spiro atoms. The third-order valence-electron chi connectivity index (χ3n) is 6.52. The second-order valence-corrected chi connectivity index (χ2v) is 8.63. The topological polar surface area (TPSA) is 0 Å². The molecule has 1 aromatic rings. The average Bonchev–Trinajstić information content (AvgIpc) is 2.49. The lowest BCUT2D eigenvalue weighted by Crippen LogP contribution is -2.60. The molecule has 1 aliphatic heterocycles. The second-order valence-electron chi connectivity index (χ2n) is 8.23. The molecule has 0 amide bonds. The van der Waals surface area contributed by atoms with Crippen molar-refractivity contribution in [2.45, 2.75) is 40.2 Å². The van der Waals surface area contributed by atoms with Gasteiger partial charge in [-0.05, 0) is 24.3 Å². The largest absolute Gasteiger partial charge is 0.322 e. The van der Waals surface area contributed by atoms with Crippen LogP contribution in [-0.4, -0.2) is 24.6 Å². The van der Waals surface area contributed by atoms with Gasteiger partial charge in [-0.3, -0.25) is 0 Å².